The first kappa shape index (κ1) is 18.2. The van der Waals surface area contributed by atoms with E-state index >= 15 is 0 Å². The summed E-state index contributed by atoms with van der Waals surface area (Å²) in [5.41, 5.74) is 3.57. The molecule has 1 atom stereocenters. The average molecular weight is 383 g/mol. The van der Waals surface area contributed by atoms with Crippen molar-refractivity contribution >= 4 is 16.8 Å². The molecular formula is C22H29N3O3. The molecule has 1 amide bonds. The number of likely N-dealkylation sites (tertiary alicyclic amines) is 1. The summed E-state index contributed by atoms with van der Waals surface area (Å²) in [6, 6.07) is 8.45. The molecule has 1 spiro atoms. The Kier molecular flexibility index (Phi) is 4.65. The van der Waals surface area contributed by atoms with Gasteiger partial charge in [0.2, 0.25) is 5.91 Å². The van der Waals surface area contributed by atoms with Crippen LogP contribution in [0.3, 0.4) is 0 Å². The van der Waals surface area contributed by atoms with Crippen molar-refractivity contribution < 1.29 is 14.3 Å². The Hall–Kier alpha value is -1.89. The van der Waals surface area contributed by atoms with Crippen LogP contribution in [0.1, 0.15) is 31.0 Å². The number of aromatic nitrogens is 1. The van der Waals surface area contributed by atoms with Crippen molar-refractivity contribution in [3.05, 3.63) is 35.5 Å². The smallest absolute Gasteiger partial charge is 0.239 e. The number of nitrogens with one attached hydrogen (secondary N) is 1. The second-order valence-corrected chi connectivity index (χ2v) is 8.27. The van der Waals surface area contributed by atoms with Crippen LogP contribution in [0.4, 0.5) is 0 Å². The van der Waals surface area contributed by atoms with E-state index in [2.05, 4.69) is 34.1 Å². The Morgan fingerprint density at radius 2 is 1.86 bits per heavy atom. The van der Waals surface area contributed by atoms with Crippen LogP contribution in [0.5, 0.6) is 0 Å². The lowest BCUT2D eigenvalue weighted by Gasteiger charge is -2.45. The highest BCUT2D eigenvalue weighted by Crippen LogP contribution is 2.43. The number of morpholine rings is 1. The summed E-state index contributed by atoms with van der Waals surface area (Å²) in [5.74, 6) is 0.240. The number of fused-ring (bicyclic) bond motifs is 4. The number of rotatable bonds is 2. The van der Waals surface area contributed by atoms with E-state index in [0.717, 1.165) is 65.3 Å². The van der Waals surface area contributed by atoms with Crippen molar-refractivity contribution in [2.75, 3.05) is 46.0 Å². The summed E-state index contributed by atoms with van der Waals surface area (Å²) in [4.78, 5) is 21.0. The second-order valence-electron chi connectivity index (χ2n) is 8.27. The molecule has 0 saturated carbocycles. The van der Waals surface area contributed by atoms with Gasteiger partial charge in [-0.1, -0.05) is 18.2 Å². The number of ether oxygens (including phenoxy) is 2. The molecule has 4 heterocycles. The molecule has 2 fully saturated rings. The first-order valence-corrected chi connectivity index (χ1v) is 10.5. The van der Waals surface area contributed by atoms with Gasteiger partial charge in [0.1, 0.15) is 5.60 Å². The minimum Gasteiger partial charge on any atom is -0.379 e. The van der Waals surface area contributed by atoms with E-state index in [9.17, 15) is 4.79 Å². The topological polar surface area (TPSA) is 57.8 Å². The summed E-state index contributed by atoms with van der Waals surface area (Å²) in [5, 5.41) is 1.32. The summed E-state index contributed by atoms with van der Waals surface area (Å²) >= 11 is 0. The predicted molar refractivity (Wildman–Crippen MR) is 107 cm³/mol. The van der Waals surface area contributed by atoms with Gasteiger partial charge < -0.3 is 19.4 Å². The number of piperidine rings is 1. The number of benzene rings is 1. The average Bonchev–Trinajstić information content (AvgIpc) is 3.14. The molecule has 1 unspecified atom stereocenters. The van der Waals surface area contributed by atoms with Gasteiger partial charge in [0.15, 0.2) is 0 Å². The summed E-state index contributed by atoms with van der Waals surface area (Å²) < 4.78 is 11.8. The summed E-state index contributed by atoms with van der Waals surface area (Å²) in [7, 11) is 0. The Morgan fingerprint density at radius 1 is 1.11 bits per heavy atom. The van der Waals surface area contributed by atoms with E-state index < -0.39 is 0 Å². The number of hydrogen-bond acceptors (Lipinski definition) is 4. The molecule has 6 nitrogen and oxygen atoms in total. The Bertz CT molecular complexity index is 863. The van der Waals surface area contributed by atoms with Gasteiger partial charge in [-0.05, 0) is 37.8 Å². The van der Waals surface area contributed by atoms with Crippen molar-refractivity contribution in [3.63, 3.8) is 0 Å². The van der Waals surface area contributed by atoms with E-state index in [1.54, 1.807) is 0 Å². The normalized spacial score (nSPS) is 23.7. The second kappa shape index (κ2) is 7.17. The fraction of sp³-hybridized carbons (Fsp3) is 0.591. The van der Waals surface area contributed by atoms with Gasteiger partial charge in [-0.15, -0.1) is 0 Å². The van der Waals surface area contributed by atoms with Crippen LogP contribution >= 0.6 is 0 Å². The van der Waals surface area contributed by atoms with Crippen molar-refractivity contribution in [2.45, 2.75) is 37.8 Å². The van der Waals surface area contributed by atoms with E-state index in [1.807, 2.05) is 11.8 Å². The molecule has 3 aliphatic heterocycles. The number of nitrogens with zero attached hydrogens (tertiary/aromatic N) is 2. The lowest BCUT2D eigenvalue weighted by Crippen LogP contribution is -2.54. The zero-order valence-electron chi connectivity index (χ0n) is 16.6. The standard InChI is InChI=1S/C22H29N3O3/c1-16(24-11-14-27-15-12-24)21(26)25-9-7-22(8-10-25)20-18(6-13-28-22)17-4-2-3-5-19(17)23-20/h2-5,16,23H,6-15H2,1H3. The van der Waals surface area contributed by atoms with Gasteiger partial charge in [-0.25, -0.2) is 0 Å². The maximum absolute atomic E-state index is 13.0. The van der Waals surface area contributed by atoms with Gasteiger partial charge in [-0.2, -0.15) is 0 Å². The molecule has 6 heteroatoms. The van der Waals surface area contributed by atoms with Crippen molar-refractivity contribution in [1.82, 2.24) is 14.8 Å². The van der Waals surface area contributed by atoms with Crippen molar-refractivity contribution in [2.24, 2.45) is 0 Å². The number of H-pyrrole nitrogens is 1. The zero-order chi connectivity index (χ0) is 19.1. The largest absolute Gasteiger partial charge is 0.379 e. The molecule has 0 aliphatic carbocycles. The minimum atomic E-state index is -0.272. The Balaban J connectivity index is 1.33. The number of hydrogen-bond donors (Lipinski definition) is 1. The third kappa shape index (κ3) is 2.95. The molecule has 1 N–H and O–H groups in total. The fourth-order valence-electron chi connectivity index (χ4n) is 5.14. The first-order chi connectivity index (χ1) is 13.7. The highest BCUT2D eigenvalue weighted by atomic mass is 16.5. The summed E-state index contributed by atoms with van der Waals surface area (Å²) in [6.07, 6.45) is 2.67. The van der Waals surface area contributed by atoms with Crippen LogP contribution < -0.4 is 0 Å². The minimum absolute atomic E-state index is 0.0751. The van der Waals surface area contributed by atoms with Crippen LogP contribution in [0.15, 0.2) is 24.3 Å². The van der Waals surface area contributed by atoms with Crippen LogP contribution in [0, 0.1) is 0 Å². The number of aromatic amines is 1. The van der Waals surface area contributed by atoms with Crippen LogP contribution in [-0.2, 0) is 26.3 Å². The van der Waals surface area contributed by atoms with Gasteiger partial charge >= 0.3 is 0 Å². The van der Waals surface area contributed by atoms with Gasteiger partial charge in [-0.3, -0.25) is 9.69 Å². The molecule has 2 saturated heterocycles. The maximum Gasteiger partial charge on any atom is 0.239 e. The van der Waals surface area contributed by atoms with E-state index in [1.165, 1.54) is 22.2 Å². The molecule has 0 bridgehead atoms. The van der Waals surface area contributed by atoms with Crippen molar-refractivity contribution in [1.29, 1.82) is 0 Å². The van der Waals surface area contributed by atoms with Crippen LogP contribution in [-0.4, -0.2) is 72.7 Å². The quantitative estimate of drug-likeness (QED) is 0.864. The van der Waals surface area contributed by atoms with Crippen molar-refractivity contribution in [3.8, 4) is 0 Å². The van der Waals surface area contributed by atoms with Crippen LogP contribution in [0.2, 0.25) is 0 Å². The SMILES string of the molecule is CC(C(=O)N1CCC2(CC1)OCCc1c2[nH]c2ccccc12)N1CCOCC1. The number of carbonyl (C=O) groups excluding carboxylic acids is 1. The molecular weight excluding hydrogens is 354 g/mol. The number of para-hydroxylation sites is 1. The van der Waals surface area contributed by atoms with Crippen LogP contribution in [0.25, 0.3) is 10.9 Å². The molecule has 28 heavy (non-hydrogen) atoms. The lowest BCUT2D eigenvalue weighted by atomic mass is 9.83. The number of carbonyl (C=O) groups is 1. The molecule has 0 radical (unpaired) electrons. The van der Waals surface area contributed by atoms with E-state index in [4.69, 9.17) is 9.47 Å². The molecule has 150 valence electrons. The third-order valence-electron chi connectivity index (χ3n) is 6.83. The fourth-order valence-corrected chi connectivity index (χ4v) is 5.14. The zero-order valence-corrected chi connectivity index (χ0v) is 16.6. The predicted octanol–water partition coefficient (Wildman–Crippen LogP) is 2.28. The molecule has 1 aromatic carbocycles. The molecule has 1 aromatic heterocycles. The molecule has 5 rings (SSSR count). The lowest BCUT2D eigenvalue weighted by molar-refractivity contribution is -0.147. The monoisotopic (exact) mass is 383 g/mol. The van der Waals surface area contributed by atoms with Gasteiger partial charge in [0, 0.05) is 37.1 Å². The maximum atomic E-state index is 13.0. The van der Waals surface area contributed by atoms with Gasteiger partial charge in [0.05, 0.1) is 31.6 Å². The highest BCUT2D eigenvalue weighted by Gasteiger charge is 2.44. The molecule has 3 aliphatic rings. The number of amides is 1. The Labute approximate surface area is 165 Å². The van der Waals surface area contributed by atoms with E-state index in [-0.39, 0.29) is 17.6 Å². The first-order valence-electron chi connectivity index (χ1n) is 10.5. The van der Waals surface area contributed by atoms with E-state index in [0.29, 0.717) is 0 Å². The Morgan fingerprint density at radius 3 is 2.64 bits per heavy atom. The third-order valence-corrected chi connectivity index (χ3v) is 6.83. The summed E-state index contributed by atoms with van der Waals surface area (Å²) in [6.45, 7) is 7.41. The van der Waals surface area contributed by atoms with Gasteiger partial charge in [0.25, 0.3) is 0 Å². The highest BCUT2D eigenvalue weighted by molar-refractivity contribution is 5.85. The molecule has 2 aromatic rings.